The molecule has 1 heterocycles. The fourth-order valence-corrected chi connectivity index (χ4v) is 2.13. The molecule has 17 heavy (non-hydrogen) atoms. The maximum absolute atomic E-state index is 6.36. The van der Waals surface area contributed by atoms with Gasteiger partial charge in [-0.25, -0.2) is 0 Å². The Kier molecular flexibility index (Phi) is 5.95. The van der Waals surface area contributed by atoms with E-state index in [4.69, 9.17) is 11.6 Å². The van der Waals surface area contributed by atoms with Crippen LogP contribution >= 0.6 is 11.6 Å². The summed E-state index contributed by atoms with van der Waals surface area (Å²) < 4.78 is 2.01. The van der Waals surface area contributed by atoms with Crippen LogP contribution in [0.4, 0.5) is 0 Å². The summed E-state index contributed by atoms with van der Waals surface area (Å²) in [5.41, 5.74) is 2.13. The van der Waals surface area contributed by atoms with Crippen LogP contribution < -0.4 is 5.32 Å². The van der Waals surface area contributed by atoms with Gasteiger partial charge in [0.25, 0.3) is 0 Å². The van der Waals surface area contributed by atoms with Crippen molar-refractivity contribution in [2.24, 2.45) is 0 Å². The van der Waals surface area contributed by atoms with Crippen LogP contribution in [0, 0.1) is 0 Å². The maximum Gasteiger partial charge on any atom is 0.0863 e. The quantitative estimate of drug-likeness (QED) is 0.809. The van der Waals surface area contributed by atoms with Crippen molar-refractivity contribution >= 4 is 11.6 Å². The van der Waals surface area contributed by atoms with Gasteiger partial charge in [0.15, 0.2) is 0 Å². The van der Waals surface area contributed by atoms with E-state index in [1.54, 1.807) is 0 Å². The zero-order valence-electron chi connectivity index (χ0n) is 11.3. The number of nitrogens with one attached hydrogen (secondary N) is 1. The van der Waals surface area contributed by atoms with E-state index in [0.717, 1.165) is 49.0 Å². The molecule has 98 valence electrons. The van der Waals surface area contributed by atoms with Crippen LogP contribution in [0.1, 0.15) is 25.2 Å². The molecule has 1 aromatic rings. The average Bonchev–Trinajstić information content (AvgIpc) is 2.63. The van der Waals surface area contributed by atoms with E-state index in [2.05, 4.69) is 36.2 Å². The predicted octanol–water partition coefficient (Wildman–Crippen LogP) is 1.77. The zero-order chi connectivity index (χ0) is 12.8. The van der Waals surface area contributed by atoms with Crippen LogP contribution in [0.25, 0.3) is 0 Å². The van der Waals surface area contributed by atoms with E-state index in [0.29, 0.717) is 0 Å². The molecule has 1 aromatic heterocycles. The van der Waals surface area contributed by atoms with Crippen molar-refractivity contribution in [3.8, 4) is 0 Å². The summed E-state index contributed by atoms with van der Waals surface area (Å²) in [5, 5.41) is 8.51. The third-order valence-electron chi connectivity index (χ3n) is 2.86. The summed E-state index contributed by atoms with van der Waals surface area (Å²) >= 11 is 6.36. The van der Waals surface area contributed by atoms with E-state index < -0.39 is 0 Å². The highest BCUT2D eigenvalue weighted by molar-refractivity contribution is 6.31. The van der Waals surface area contributed by atoms with Gasteiger partial charge in [-0.3, -0.25) is 9.58 Å². The Morgan fingerprint density at radius 3 is 2.65 bits per heavy atom. The van der Waals surface area contributed by atoms with E-state index in [1.165, 1.54) is 0 Å². The van der Waals surface area contributed by atoms with Crippen molar-refractivity contribution < 1.29 is 0 Å². The second-order valence-electron chi connectivity index (χ2n) is 4.22. The van der Waals surface area contributed by atoms with Crippen LogP contribution in [-0.4, -0.2) is 41.9 Å². The standard InChI is InChI=1S/C12H23ClN4/c1-5-10-12(13)11(17(6-2)15-10)9-16(4)8-7-14-3/h14H,5-9H2,1-4H3. The van der Waals surface area contributed by atoms with Gasteiger partial charge in [0, 0.05) is 26.2 Å². The third kappa shape index (κ3) is 3.69. The van der Waals surface area contributed by atoms with Gasteiger partial charge in [-0.05, 0) is 27.4 Å². The zero-order valence-corrected chi connectivity index (χ0v) is 12.0. The molecular formula is C12H23ClN4. The molecule has 0 atom stereocenters. The van der Waals surface area contributed by atoms with Crippen molar-refractivity contribution in [3.63, 3.8) is 0 Å². The Balaban J connectivity index is 2.78. The SMILES string of the molecule is CCc1nn(CC)c(CN(C)CCNC)c1Cl. The van der Waals surface area contributed by atoms with Gasteiger partial charge in [-0.2, -0.15) is 5.10 Å². The fourth-order valence-electron chi connectivity index (χ4n) is 1.81. The minimum Gasteiger partial charge on any atom is -0.318 e. The topological polar surface area (TPSA) is 33.1 Å². The molecule has 0 amide bonds. The van der Waals surface area contributed by atoms with Gasteiger partial charge >= 0.3 is 0 Å². The lowest BCUT2D eigenvalue weighted by Crippen LogP contribution is -2.28. The van der Waals surface area contributed by atoms with Gasteiger partial charge in [-0.1, -0.05) is 18.5 Å². The van der Waals surface area contributed by atoms with Gasteiger partial charge in [-0.15, -0.1) is 0 Å². The van der Waals surface area contributed by atoms with Crippen molar-refractivity contribution in [3.05, 3.63) is 16.4 Å². The molecule has 0 aliphatic heterocycles. The number of halogens is 1. The van der Waals surface area contributed by atoms with Gasteiger partial charge < -0.3 is 5.32 Å². The largest absolute Gasteiger partial charge is 0.318 e. The lowest BCUT2D eigenvalue weighted by molar-refractivity contribution is 0.316. The number of hydrogen-bond acceptors (Lipinski definition) is 3. The predicted molar refractivity (Wildman–Crippen MR) is 72.5 cm³/mol. The van der Waals surface area contributed by atoms with E-state index in [1.807, 2.05) is 11.7 Å². The summed E-state index contributed by atoms with van der Waals surface area (Å²) in [7, 11) is 4.07. The normalized spacial score (nSPS) is 11.4. The van der Waals surface area contributed by atoms with Crippen LogP contribution in [0.2, 0.25) is 5.02 Å². The summed E-state index contributed by atoms with van der Waals surface area (Å²) in [6, 6.07) is 0. The first-order valence-electron chi connectivity index (χ1n) is 6.21. The minimum absolute atomic E-state index is 0.839. The lowest BCUT2D eigenvalue weighted by atomic mass is 10.3. The molecule has 5 heteroatoms. The Labute approximate surface area is 109 Å². The second-order valence-corrected chi connectivity index (χ2v) is 4.60. The Bertz CT molecular complexity index is 349. The van der Waals surface area contributed by atoms with Crippen molar-refractivity contribution in [2.45, 2.75) is 33.4 Å². The number of aromatic nitrogens is 2. The van der Waals surface area contributed by atoms with Crippen molar-refractivity contribution in [2.75, 3.05) is 27.2 Å². The average molecular weight is 259 g/mol. The molecule has 0 aliphatic rings. The summed E-state index contributed by atoms with van der Waals surface area (Å²) in [5.74, 6) is 0. The van der Waals surface area contributed by atoms with Crippen LogP contribution in [0.5, 0.6) is 0 Å². The molecule has 0 saturated heterocycles. The number of aryl methyl sites for hydroxylation is 2. The van der Waals surface area contributed by atoms with Crippen molar-refractivity contribution in [1.82, 2.24) is 20.0 Å². The van der Waals surface area contributed by atoms with Gasteiger partial charge in [0.05, 0.1) is 16.4 Å². The highest BCUT2D eigenvalue weighted by Gasteiger charge is 2.15. The molecule has 0 aromatic carbocycles. The molecule has 0 fully saturated rings. The van der Waals surface area contributed by atoms with E-state index in [9.17, 15) is 0 Å². The van der Waals surface area contributed by atoms with Crippen LogP contribution in [-0.2, 0) is 19.5 Å². The number of rotatable bonds is 7. The first-order valence-corrected chi connectivity index (χ1v) is 6.58. The van der Waals surface area contributed by atoms with E-state index in [-0.39, 0.29) is 0 Å². The Morgan fingerprint density at radius 1 is 1.41 bits per heavy atom. The summed E-state index contributed by atoms with van der Waals surface area (Å²) in [6.45, 7) is 7.89. The molecular weight excluding hydrogens is 236 g/mol. The molecule has 4 nitrogen and oxygen atoms in total. The van der Waals surface area contributed by atoms with E-state index >= 15 is 0 Å². The van der Waals surface area contributed by atoms with Crippen LogP contribution in [0.3, 0.4) is 0 Å². The molecule has 1 rings (SSSR count). The fraction of sp³-hybridized carbons (Fsp3) is 0.750. The first kappa shape index (κ1) is 14.5. The van der Waals surface area contributed by atoms with Crippen LogP contribution in [0.15, 0.2) is 0 Å². The molecule has 0 radical (unpaired) electrons. The molecule has 0 saturated carbocycles. The Hall–Kier alpha value is -0.580. The monoisotopic (exact) mass is 258 g/mol. The number of likely N-dealkylation sites (N-methyl/N-ethyl adjacent to an activating group) is 2. The molecule has 0 spiro atoms. The molecule has 1 N–H and O–H groups in total. The highest BCUT2D eigenvalue weighted by atomic mass is 35.5. The van der Waals surface area contributed by atoms with Gasteiger partial charge in [0.2, 0.25) is 0 Å². The lowest BCUT2D eigenvalue weighted by Gasteiger charge is -2.17. The first-order chi connectivity index (χ1) is 8.13. The molecule has 0 aliphatic carbocycles. The smallest absolute Gasteiger partial charge is 0.0863 e. The number of nitrogens with zero attached hydrogens (tertiary/aromatic N) is 3. The highest BCUT2D eigenvalue weighted by Crippen LogP contribution is 2.22. The number of hydrogen-bond donors (Lipinski definition) is 1. The Morgan fingerprint density at radius 2 is 2.12 bits per heavy atom. The third-order valence-corrected chi connectivity index (χ3v) is 3.29. The summed E-state index contributed by atoms with van der Waals surface area (Å²) in [4.78, 5) is 2.25. The maximum atomic E-state index is 6.36. The van der Waals surface area contributed by atoms with Gasteiger partial charge in [0.1, 0.15) is 0 Å². The molecule has 0 unspecified atom stereocenters. The minimum atomic E-state index is 0.839. The summed E-state index contributed by atoms with van der Waals surface area (Å²) in [6.07, 6.45) is 0.888. The molecule has 0 bridgehead atoms. The second kappa shape index (κ2) is 6.99. The van der Waals surface area contributed by atoms with Crippen molar-refractivity contribution in [1.29, 1.82) is 0 Å².